The molecule has 2 saturated heterocycles. The Morgan fingerprint density at radius 2 is 1.93 bits per heavy atom. The van der Waals surface area contributed by atoms with E-state index >= 15 is 4.39 Å². The van der Waals surface area contributed by atoms with E-state index in [1.54, 1.807) is 12.1 Å². The van der Waals surface area contributed by atoms with Gasteiger partial charge in [-0.2, -0.15) is 9.97 Å². The van der Waals surface area contributed by atoms with Crippen molar-refractivity contribution < 1.29 is 22.3 Å². The number of rotatable bonds is 3. The van der Waals surface area contributed by atoms with Gasteiger partial charge in [0.2, 0.25) is 0 Å². The summed E-state index contributed by atoms with van der Waals surface area (Å²) in [5.74, 6) is -3.59. The molecule has 1 atom stereocenters. The number of fused-ring (bicyclic) bond motifs is 2. The average Bonchev–Trinajstić information content (AvgIpc) is 3.48. The van der Waals surface area contributed by atoms with Crippen LogP contribution in [0.4, 0.5) is 28.5 Å². The molecule has 3 N–H and O–H groups in total. The summed E-state index contributed by atoms with van der Waals surface area (Å²) in [5, 5.41) is 3.34. The van der Waals surface area contributed by atoms with Gasteiger partial charge in [-0.1, -0.05) is 48.9 Å². The van der Waals surface area contributed by atoms with Crippen molar-refractivity contribution in [3.8, 4) is 17.1 Å². The lowest BCUT2D eigenvalue weighted by Gasteiger charge is -2.26. The van der Waals surface area contributed by atoms with E-state index in [9.17, 15) is 13.2 Å². The molecule has 228 valence electrons. The zero-order valence-corrected chi connectivity index (χ0v) is 25.4. The first kappa shape index (κ1) is 31.9. The Hall–Kier alpha value is -3.00. The minimum atomic E-state index is -3.00. The summed E-state index contributed by atoms with van der Waals surface area (Å²) in [7, 11) is 3.27. The van der Waals surface area contributed by atoms with Gasteiger partial charge in [-0.05, 0) is 25.6 Å². The minimum absolute atomic E-state index is 0.0776. The summed E-state index contributed by atoms with van der Waals surface area (Å²) in [4.78, 5) is 16.2. The standard InChI is InChI=1S/C21H18ClF3N6OS.C5H10FN.C2H6/c1-32-20-29-17-11(18(30-20)31-6-5-27-8-21(24,25)9-31)7-12(22)14(15(17)23)10-3-2-4-13-16(10)28-19(26)33-13;1-7-3-2-5(6)4-7;1-2/h2-4,7,27H,5-6,8-9H2,1H3,(H2,26,28);5H,2-4H2,1H3;1-2H3. The van der Waals surface area contributed by atoms with Crippen LogP contribution in [0.5, 0.6) is 6.01 Å². The van der Waals surface area contributed by atoms with E-state index in [-0.39, 0.29) is 39.9 Å². The number of hydrogen-bond acceptors (Lipinski definition) is 9. The van der Waals surface area contributed by atoms with Crippen LogP contribution in [0.15, 0.2) is 24.3 Å². The van der Waals surface area contributed by atoms with Gasteiger partial charge in [-0.3, -0.25) is 0 Å². The number of likely N-dealkylation sites (tertiary alicyclic amines) is 1. The highest BCUT2D eigenvalue weighted by atomic mass is 35.5. The maximum absolute atomic E-state index is 16.0. The molecule has 6 rings (SSSR count). The second-order valence-corrected chi connectivity index (χ2v) is 11.3. The third-order valence-corrected chi connectivity index (χ3v) is 7.88. The van der Waals surface area contributed by atoms with E-state index in [4.69, 9.17) is 22.1 Å². The Bertz CT molecular complexity index is 1530. The molecule has 2 aromatic heterocycles. The Kier molecular flexibility index (Phi) is 10.3. The normalized spacial score (nSPS) is 18.7. The topological polar surface area (TPSA) is 92.4 Å². The second kappa shape index (κ2) is 13.5. The quantitative estimate of drug-likeness (QED) is 0.267. The van der Waals surface area contributed by atoms with E-state index in [0.717, 1.165) is 17.7 Å². The lowest BCUT2D eigenvalue weighted by atomic mass is 10.0. The molecule has 0 amide bonds. The van der Waals surface area contributed by atoms with Gasteiger partial charge in [0, 0.05) is 42.7 Å². The summed E-state index contributed by atoms with van der Waals surface area (Å²) in [6.07, 6.45) is 0.182. The Balaban J connectivity index is 0.000000390. The lowest BCUT2D eigenvalue weighted by molar-refractivity contribution is 0.0156. The molecule has 0 bridgehead atoms. The van der Waals surface area contributed by atoms with Crippen molar-refractivity contribution >= 4 is 55.0 Å². The Morgan fingerprint density at radius 3 is 2.57 bits per heavy atom. The first-order valence-electron chi connectivity index (χ1n) is 13.6. The van der Waals surface area contributed by atoms with Gasteiger partial charge >= 0.3 is 6.01 Å². The second-order valence-electron chi connectivity index (χ2n) is 9.78. The molecule has 2 aliphatic rings. The number of aromatic nitrogens is 3. The van der Waals surface area contributed by atoms with Crippen LogP contribution in [0.2, 0.25) is 5.02 Å². The zero-order valence-electron chi connectivity index (χ0n) is 23.9. The molecule has 4 heterocycles. The number of anilines is 2. The van der Waals surface area contributed by atoms with Crippen LogP contribution in [0.3, 0.4) is 0 Å². The molecule has 0 radical (unpaired) electrons. The fourth-order valence-electron chi connectivity index (χ4n) is 4.87. The maximum atomic E-state index is 16.0. The largest absolute Gasteiger partial charge is 0.467 e. The fourth-order valence-corrected chi connectivity index (χ4v) is 5.92. The smallest absolute Gasteiger partial charge is 0.318 e. The third kappa shape index (κ3) is 6.96. The van der Waals surface area contributed by atoms with Gasteiger partial charge in [0.15, 0.2) is 10.9 Å². The number of hydrogen-bond donors (Lipinski definition) is 2. The minimum Gasteiger partial charge on any atom is -0.467 e. The molecule has 0 saturated carbocycles. The fraction of sp³-hybridized carbons (Fsp3) is 0.464. The van der Waals surface area contributed by atoms with Crippen LogP contribution in [-0.4, -0.2) is 85.4 Å². The number of benzene rings is 2. The van der Waals surface area contributed by atoms with Crippen molar-refractivity contribution in [3.63, 3.8) is 0 Å². The maximum Gasteiger partial charge on any atom is 0.318 e. The number of thiazole rings is 1. The van der Waals surface area contributed by atoms with Crippen LogP contribution in [0.25, 0.3) is 32.2 Å². The first-order valence-corrected chi connectivity index (χ1v) is 14.8. The molecule has 42 heavy (non-hydrogen) atoms. The highest BCUT2D eigenvalue weighted by Crippen LogP contribution is 2.42. The third-order valence-electron chi connectivity index (χ3n) is 6.73. The summed E-state index contributed by atoms with van der Waals surface area (Å²) in [5.41, 5.74) is 6.82. The van der Waals surface area contributed by atoms with Gasteiger partial charge in [0.25, 0.3) is 5.92 Å². The molecule has 8 nitrogen and oxygen atoms in total. The number of alkyl halides is 3. The van der Waals surface area contributed by atoms with Crippen LogP contribution >= 0.6 is 22.9 Å². The summed E-state index contributed by atoms with van der Waals surface area (Å²) in [6, 6.07) is 6.64. The zero-order chi connectivity index (χ0) is 30.6. The lowest BCUT2D eigenvalue weighted by Crippen LogP contribution is -2.39. The molecule has 0 aliphatic carbocycles. The summed E-state index contributed by atoms with van der Waals surface area (Å²) < 4.78 is 62.6. The van der Waals surface area contributed by atoms with Crippen molar-refractivity contribution in [2.24, 2.45) is 0 Å². The Morgan fingerprint density at radius 1 is 1.17 bits per heavy atom. The van der Waals surface area contributed by atoms with Gasteiger partial charge in [-0.15, -0.1) is 0 Å². The van der Waals surface area contributed by atoms with E-state index < -0.39 is 31.0 Å². The highest BCUT2D eigenvalue weighted by Gasteiger charge is 2.35. The molecule has 2 aromatic carbocycles. The number of nitrogen functional groups attached to an aromatic ring is 1. The van der Waals surface area contributed by atoms with E-state index in [2.05, 4.69) is 20.3 Å². The van der Waals surface area contributed by atoms with Crippen LogP contribution < -0.4 is 20.7 Å². The van der Waals surface area contributed by atoms with Gasteiger partial charge in [0.05, 0.1) is 35.4 Å². The number of nitrogens with zero attached hydrogens (tertiary/aromatic N) is 5. The average molecular weight is 628 g/mol. The number of nitrogens with two attached hydrogens (primary N) is 1. The number of para-hydroxylation sites is 1. The van der Waals surface area contributed by atoms with Gasteiger partial charge in [0.1, 0.15) is 17.5 Å². The predicted octanol–water partition coefficient (Wildman–Crippen LogP) is 6.02. The molecule has 2 aliphatic heterocycles. The molecule has 14 heteroatoms. The molecule has 2 fully saturated rings. The van der Waals surface area contributed by atoms with E-state index in [1.807, 2.05) is 31.9 Å². The highest BCUT2D eigenvalue weighted by molar-refractivity contribution is 7.22. The number of halogens is 5. The molecule has 0 spiro atoms. The van der Waals surface area contributed by atoms with Crippen LogP contribution in [0.1, 0.15) is 20.3 Å². The van der Waals surface area contributed by atoms with Gasteiger partial charge in [-0.25, -0.2) is 22.5 Å². The van der Waals surface area contributed by atoms with E-state index in [1.165, 1.54) is 29.4 Å². The monoisotopic (exact) mass is 627 g/mol. The van der Waals surface area contributed by atoms with Gasteiger partial charge < -0.3 is 25.6 Å². The molecular formula is C28H34ClF4N7OS. The number of methoxy groups -OCH3 is 1. The Labute approximate surface area is 250 Å². The van der Waals surface area contributed by atoms with Crippen molar-refractivity contribution in [1.29, 1.82) is 0 Å². The SMILES string of the molecule is CC.CN1CCC(F)C1.COc1nc(N2CCNCC(F)(F)C2)c2cc(Cl)c(-c3cccc4sc(N)nc34)c(F)c2n1. The van der Waals surface area contributed by atoms with Crippen LogP contribution in [-0.2, 0) is 0 Å². The van der Waals surface area contributed by atoms with Crippen LogP contribution in [0, 0.1) is 5.82 Å². The van der Waals surface area contributed by atoms with Crippen molar-refractivity contribution in [3.05, 3.63) is 35.1 Å². The summed E-state index contributed by atoms with van der Waals surface area (Å²) in [6.45, 7) is 5.08. The molecular weight excluding hydrogens is 594 g/mol. The van der Waals surface area contributed by atoms with Crippen molar-refractivity contribution in [2.75, 3.05) is 64.1 Å². The van der Waals surface area contributed by atoms with E-state index in [0.29, 0.717) is 29.3 Å². The summed E-state index contributed by atoms with van der Waals surface area (Å²) >= 11 is 7.84. The number of nitrogens with one attached hydrogen (secondary N) is 1. The molecule has 4 aromatic rings. The first-order chi connectivity index (χ1) is 20.1. The molecule has 1 unspecified atom stereocenters. The van der Waals surface area contributed by atoms with Crippen molar-refractivity contribution in [1.82, 2.24) is 25.2 Å². The number of ether oxygens (including phenoxy) is 1. The predicted molar refractivity (Wildman–Crippen MR) is 162 cm³/mol. The van der Waals surface area contributed by atoms with Crippen molar-refractivity contribution in [2.45, 2.75) is 32.4 Å².